The molecule has 0 bridgehead atoms. The van der Waals surface area contributed by atoms with E-state index in [9.17, 15) is 9.50 Å². The lowest BCUT2D eigenvalue weighted by Gasteiger charge is -2.27. The molecule has 2 atom stereocenters. The van der Waals surface area contributed by atoms with E-state index in [4.69, 9.17) is 14.2 Å². The molecule has 4 aromatic rings. The first-order chi connectivity index (χ1) is 22.6. The first kappa shape index (κ1) is 35.9. The highest BCUT2D eigenvalue weighted by Gasteiger charge is 2.36. The molecule has 252 valence electrons. The molecule has 6 rings (SSSR count). The summed E-state index contributed by atoms with van der Waals surface area (Å²) in [5.74, 6) is 2.71. The van der Waals surface area contributed by atoms with Gasteiger partial charge in [-0.3, -0.25) is 9.80 Å². The Labute approximate surface area is 280 Å². The molecule has 0 saturated carbocycles. The van der Waals surface area contributed by atoms with Crippen LogP contribution in [-0.4, -0.2) is 78.6 Å². The third kappa shape index (κ3) is 12.7. The molecule has 6 nitrogen and oxygen atoms in total. The van der Waals surface area contributed by atoms with Gasteiger partial charge in [0, 0.05) is 45.7 Å². The average molecular weight is 643 g/mol. The number of aliphatic hydroxyl groups is 1. The second-order valence-electron chi connectivity index (χ2n) is 12.9. The van der Waals surface area contributed by atoms with E-state index in [-0.39, 0.29) is 11.4 Å². The quantitative estimate of drug-likeness (QED) is 0.193. The fraction of sp³-hybridized carbons (Fsp3) is 0.400. The van der Waals surface area contributed by atoms with Crippen LogP contribution in [0.15, 0.2) is 109 Å². The standard InChI is InChI=1S/C20H25NO2.C13H19NO2.C7H7F/c1-17-8-6-7-11-19(17)23-20(2)12-13-21(16-20)14-15-22-18-9-4-3-5-10-18;1-13(15)7-8-14(11-13)9-10-16-12-5-3-2-4-6-12;1-6-4-2-3-5-7(6)8/h3-11H,12-16H2,1-2H3;2-6,15H,7-11H2,1H3;2-5H,1H3. The molecule has 0 spiro atoms. The van der Waals surface area contributed by atoms with Crippen molar-refractivity contribution < 1.29 is 23.7 Å². The summed E-state index contributed by atoms with van der Waals surface area (Å²) in [6.45, 7) is 14.9. The van der Waals surface area contributed by atoms with Gasteiger partial charge in [-0.05, 0) is 81.6 Å². The molecular weight excluding hydrogens is 591 g/mol. The first-order valence-electron chi connectivity index (χ1n) is 16.6. The van der Waals surface area contributed by atoms with Gasteiger partial charge in [0.1, 0.15) is 41.9 Å². The minimum atomic E-state index is -0.507. The molecule has 0 aliphatic carbocycles. The second kappa shape index (κ2) is 17.9. The molecule has 2 heterocycles. The number of halogens is 1. The maximum absolute atomic E-state index is 12.3. The zero-order valence-electron chi connectivity index (χ0n) is 28.4. The molecule has 2 saturated heterocycles. The Hall–Kier alpha value is -3.91. The predicted molar refractivity (Wildman–Crippen MR) is 188 cm³/mol. The van der Waals surface area contributed by atoms with Gasteiger partial charge in [-0.15, -0.1) is 0 Å². The molecule has 2 unspecified atom stereocenters. The van der Waals surface area contributed by atoms with Crippen LogP contribution in [-0.2, 0) is 0 Å². The van der Waals surface area contributed by atoms with E-state index >= 15 is 0 Å². The van der Waals surface area contributed by atoms with Gasteiger partial charge in [0.25, 0.3) is 0 Å². The maximum Gasteiger partial charge on any atom is 0.126 e. The van der Waals surface area contributed by atoms with E-state index in [2.05, 4.69) is 35.8 Å². The van der Waals surface area contributed by atoms with Crippen molar-refractivity contribution in [3.63, 3.8) is 0 Å². The molecular formula is C40H51FN2O4. The van der Waals surface area contributed by atoms with Crippen LogP contribution < -0.4 is 14.2 Å². The number of aryl methyl sites for hydroxylation is 2. The third-order valence-electron chi connectivity index (χ3n) is 8.41. The number of β-amino-alcohol motifs (C(OH)–C–C–N with tert-alkyl or cyclic N) is 1. The van der Waals surface area contributed by atoms with Crippen LogP contribution in [0.5, 0.6) is 17.2 Å². The van der Waals surface area contributed by atoms with Gasteiger partial charge in [0.2, 0.25) is 0 Å². The van der Waals surface area contributed by atoms with Crippen molar-refractivity contribution in [1.29, 1.82) is 0 Å². The lowest BCUT2D eigenvalue weighted by molar-refractivity contribution is 0.0670. The topological polar surface area (TPSA) is 54.4 Å². The highest BCUT2D eigenvalue weighted by Crippen LogP contribution is 2.29. The zero-order chi connectivity index (χ0) is 33.5. The number of para-hydroxylation sites is 3. The number of likely N-dealkylation sites (tertiary alicyclic amines) is 2. The Balaban J connectivity index is 0.000000180. The lowest BCUT2D eigenvalue weighted by atomic mass is 10.1. The molecule has 2 fully saturated rings. The summed E-state index contributed by atoms with van der Waals surface area (Å²) in [6, 6.07) is 34.8. The number of hydrogen-bond acceptors (Lipinski definition) is 6. The van der Waals surface area contributed by atoms with Crippen LogP contribution in [0, 0.1) is 19.7 Å². The number of hydrogen-bond donors (Lipinski definition) is 1. The van der Waals surface area contributed by atoms with Crippen molar-refractivity contribution in [2.24, 2.45) is 0 Å². The van der Waals surface area contributed by atoms with Gasteiger partial charge in [-0.25, -0.2) is 4.39 Å². The number of ether oxygens (including phenoxy) is 3. The molecule has 0 radical (unpaired) electrons. The number of benzene rings is 4. The third-order valence-corrected chi connectivity index (χ3v) is 8.41. The van der Waals surface area contributed by atoms with Crippen molar-refractivity contribution in [3.05, 3.63) is 126 Å². The van der Waals surface area contributed by atoms with Gasteiger partial charge in [-0.2, -0.15) is 0 Å². The van der Waals surface area contributed by atoms with Crippen LogP contribution in [0.4, 0.5) is 4.39 Å². The van der Waals surface area contributed by atoms with Crippen molar-refractivity contribution in [2.45, 2.75) is 51.7 Å². The molecule has 0 amide bonds. The number of rotatable bonds is 10. The summed E-state index contributed by atoms with van der Waals surface area (Å²) < 4.78 is 30.0. The fourth-order valence-electron chi connectivity index (χ4n) is 5.64. The minimum Gasteiger partial charge on any atom is -0.492 e. The summed E-state index contributed by atoms with van der Waals surface area (Å²) in [5, 5.41) is 9.80. The highest BCUT2D eigenvalue weighted by molar-refractivity contribution is 5.32. The van der Waals surface area contributed by atoms with E-state index in [1.807, 2.05) is 85.8 Å². The smallest absolute Gasteiger partial charge is 0.126 e. The van der Waals surface area contributed by atoms with Crippen molar-refractivity contribution in [2.75, 3.05) is 52.5 Å². The van der Waals surface area contributed by atoms with Crippen LogP contribution in [0.25, 0.3) is 0 Å². The molecule has 4 aromatic carbocycles. The van der Waals surface area contributed by atoms with Crippen LogP contribution in [0.1, 0.15) is 37.8 Å². The average Bonchev–Trinajstić information content (AvgIpc) is 3.62. The van der Waals surface area contributed by atoms with Gasteiger partial charge in [0.05, 0.1) is 5.60 Å². The predicted octanol–water partition coefficient (Wildman–Crippen LogP) is 7.57. The SMILES string of the molecule is CC1(O)CCN(CCOc2ccccc2)C1.Cc1ccccc1F.Cc1ccccc1OC1(C)CCN(CCOc2ccccc2)C1. The first-order valence-corrected chi connectivity index (χ1v) is 16.6. The summed E-state index contributed by atoms with van der Waals surface area (Å²) in [4.78, 5) is 4.66. The van der Waals surface area contributed by atoms with E-state index in [0.29, 0.717) is 18.8 Å². The summed E-state index contributed by atoms with van der Waals surface area (Å²) >= 11 is 0. The van der Waals surface area contributed by atoms with E-state index in [1.165, 1.54) is 11.6 Å². The second-order valence-corrected chi connectivity index (χ2v) is 12.9. The minimum absolute atomic E-state index is 0.112. The van der Waals surface area contributed by atoms with Crippen molar-refractivity contribution >= 4 is 0 Å². The molecule has 47 heavy (non-hydrogen) atoms. The summed E-state index contributed by atoms with van der Waals surface area (Å²) in [7, 11) is 0. The van der Waals surface area contributed by atoms with E-state index < -0.39 is 5.60 Å². The monoisotopic (exact) mass is 642 g/mol. The Morgan fingerprint density at radius 1 is 0.638 bits per heavy atom. The van der Waals surface area contributed by atoms with Gasteiger partial charge >= 0.3 is 0 Å². The van der Waals surface area contributed by atoms with Crippen LogP contribution in [0.2, 0.25) is 0 Å². The summed E-state index contributed by atoms with van der Waals surface area (Å²) in [5.41, 5.74) is 1.28. The van der Waals surface area contributed by atoms with Crippen molar-refractivity contribution in [1.82, 2.24) is 9.80 Å². The normalized spacial score (nSPS) is 20.8. The molecule has 2 aliphatic rings. The Morgan fingerprint density at radius 3 is 1.62 bits per heavy atom. The Kier molecular flexibility index (Phi) is 13.7. The molecule has 7 heteroatoms. The highest BCUT2D eigenvalue weighted by atomic mass is 19.1. The van der Waals surface area contributed by atoms with E-state index in [0.717, 1.165) is 69.4 Å². The number of nitrogens with zero attached hydrogens (tertiary/aromatic N) is 2. The molecule has 1 N–H and O–H groups in total. The largest absolute Gasteiger partial charge is 0.492 e. The van der Waals surface area contributed by atoms with Crippen LogP contribution in [0.3, 0.4) is 0 Å². The van der Waals surface area contributed by atoms with Crippen LogP contribution >= 0.6 is 0 Å². The fourth-order valence-corrected chi connectivity index (χ4v) is 5.64. The van der Waals surface area contributed by atoms with E-state index in [1.54, 1.807) is 19.1 Å². The zero-order valence-corrected chi connectivity index (χ0v) is 28.4. The van der Waals surface area contributed by atoms with Gasteiger partial charge in [-0.1, -0.05) is 72.8 Å². The Bertz CT molecular complexity index is 1450. The maximum atomic E-state index is 12.3. The molecule has 2 aliphatic heterocycles. The van der Waals surface area contributed by atoms with Gasteiger partial charge < -0.3 is 19.3 Å². The molecule has 0 aromatic heterocycles. The summed E-state index contributed by atoms with van der Waals surface area (Å²) in [6.07, 6.45) is 1.91. The Morgan fingerprint density at radius 2 is 1.13 bits per heavy atom. The van der Waals surface area contributed by atoms with Crippen molar-refractivity contribution in [3.8, 4) is 17.2 Å². The lowest BCUT2D eigenvalue weighted by Crippen LogP contribution is -2.37. The van der Waals surface area contributed by atoms with Gasteiger partial charge in [0.15, 0.2) is 0 Å².